The van der Waals surface area contributed by atoms with E-state index < -0.39 is 0 Å². The molecule has 0 fully saturated rings. The summed E-state index contributed by atoms with van der Waals surface area (Å²) in [5, 5.41) is 12.1. The standard InChI is InChI=1S/C15H15N3O/c1-19-13-4-2-3-12(7-13)10-18-15-8-11(9-16)5-6-14(15)17/h2-8,18H,10,17H2,1H3. The maximum Gasteiger partial charge on any atom is 0.119 e. The topological polar surface area (TPSA) is 71.1 Å². The van der Waals surface area contributed by atoms with Crippen molar-refractivity contribution in [3.63, 3.8) is 0 Å². The van der Waals surface area contributed by atoms with Gasteiger partial charge >= 0.3 is 0 Å². The Morgan fingerprint density at radius 1 is 1.26 bits per heavy atom. The number of ether oxygens (including phenoxy) is 1. The molecule has 0 heterocycles. The maximum atomic E-state index is 8.87. The Morgan fingerprint density at radius 3 is 2.84 bits per heavy atom. The first-order valence-electron chi connectivity index (χ1n) is 5.89. The number of hydrogen-bond acceptors (Lipinski definition) is 4. The Hall–Kier alpha value is -2.67. The lowest BCUT2D eigenvalue weighted by Gasteiger charge is -2.10. The monoisotopic (exact) mass is 253 g/mol. The van der Waals surface area contributed by atoms with Crippen molar-refractivity contribution in [3.05, 3.63) is 53.6 Å². The van der Waals surface area contributed by atoms with Crippen LogP contribution in [0.3, 0.4) is 0 Å². The summed E-state index contributed by atoms with van der Waals surface area (Å²) in [5.41, 5.74) is 8.93. The Morgan fingerprint density at radius 2 is 2.11 bits per heavy atom. The van der Waals surface area contributed by atoms with E-state index in [0.29, 0.717) is 17.8 Å². The van der Waals surface area contributed by atoms with E-state index in [2.05, 4.69) is 11.4 Å². The summed E-state index contributed by atoms with van der Waals surface area (Å²) in [6, 6.07) is 15.1. The van der Waals surface area contributed by atoms with Gasteiger partial charge in [0.2, 0.25) is 0 Å². The molecule has 2 aromatic rings. The van der Waals surface area contributed by atoms with Crippen molar-refractivity contribution < 1.29 is 4.74 Å². The van der Waals surface area contributed by atoms with Crippen molar-refractivity contribution in [1.29, 1.82) is 5.26 Å². The predicted molar refractivity (Wildman–Crippen MR) is 75.9 cm³/mol. The number of anilines is 2. The zero-order valence-electron chi connectivity index (χ0n) is 10.7. The van der Waals surface area contributed by atoms with E-state index in [1.165, 1.54) is 0 Å². The van der Waals surface area contributed by atoms with E-state index in [1.54, 1.807) is 25.3 Å². The largest absolute Gasteiger partial charge is 0.497 e. The molecule has 0 atom stereocenters. The lowest BCUT2D eigenvalue weighted by atomic mass is 10.1. The minimum absolute atomic E-state index is 0.586. The molecule has 0 unspecified atom stereocenters. The van der Waals surface area contributed by atoms with Crippen LogP contribution in [0.15, 0.2) is 42.5 Å². The van der Waals surface area contributed by atoms with Crippen LogP contribution in [0.4, 0.5) is 11.4 Å². The molecule has 0 spiro atoms. The summed E-state index contributed by atoms with van der Waals surface area (Å²) >= 11 is 0. The highest BCUT2D eigenvalue weighted by Crippen LogP contribution is 2.21. The van der Waals surface area contributed by atoms with Gasteiger partial charge in [-0.2, -0.15) is 5.26 Å². The van der Waals surface area contributed by atoms with Gasteiger partial charge in [-0.25, -0.2) is 0 Å². The van der Waals surface area contributed by atoms with E-state index in [0.717, 1.165) is 17.0 Å². The van der Waals surface area contributed by atoms with Gasteiger partial charge < -0.3 is 15.8 Å². The van der Waals surface area contributed by atoms with Gasteiger partial charge in [-0.3, -0.25) is 0 Å². The van der Waals surface area contributed by atoms with E-state index >= 15 is 0 Å². The second-order valence-corrected chi connectivity index (χ2v) is 4.12. The fourth-order valence-electron chi connectivity index (χ4n) is 1.76. The summed E-state index contributed by atoms with van der Waals surface area (Å²) in [4.78, 5) is 0. The number of nitrogens with one attached hydrogen (secondary N) is 1. The normalized spacial score (nSPS) is 9.68. The van der Waals surface area contributed by atoms with Crippen LogP contribution in [-0.4, -0.2) is 7.11 Å². The molecule has 0 radical (unpaired) electrons. The highest BCUT2D eigenvalue weighted by atomic mass is 16.5. The van der Waals surface area contributed by atoms with E-state index in [4.69, 9.17) is 15.7 Å². The van der Waals surface area contributed by atoms with Crippen LogP contribution < -0.4 is 15.8 Å². The fourth-order valence-corrected chi connectivity index (χ4v) is 1.76. The zero-order chi connectivity index (χ0) is 13.7. The average Bonchev–Trinajstić information content (AvgIpc) is 2.46. The first-order chi connectivity index (χ1) is 9.22. The van der Waals surface area contributed by atoms with Crippen LogP contribution in [0.2, 0.25) is 0 Å². The van der Waals surface area contributed by atoms with Crippen LogP contribution in [0.25, 0.3) is 0 Å². The Labute approximate surface area is 112 Å². The predicted octanol–water partition coefficient (Wildman–Crippen LogP) is 2.76. The van der Waals surface area contributed by atoms with Crippen molar-refractivity contribution in [2.75, 3.05) is 18.2 Å². The van der Waals surface area contributed by atoms with Crippen LogP contribution in [-0.2, 0) is 6.54 Å². The molecule has 0 aliphatic carbocycles. The van der Waals surface area contributed by atoms with Crippen LogP contribution in [0, 0.1) is 11.3 Å². The summed E-state index contributed by atoms with van der Waals surface area (Å²) < 4.78 is 5.17. The van der Waals surface area contributed by atoms with Gasteiger partial charge in [-0.15, -0.1) is 0 Å². The van der Waals surface area contributed by atoms with Crippen LogP contribution in [0.1, 0.15) is 11.1 Å². The average molecular weight is 253 g/mol. The fraction of sp³-hybridized carbons (Fsp3) is 0.133. The summed E-state index contributed by atoms with van der Waals surface area (Å²) in [6.45, 7) is 0.621. The third kappa shape index (κ3) is 3.17. The molecule has 0 aliphatic heterocycles. The number of nitriles is 1. The van der Waals surface area contributed by atoms with E-state index in [-0.39, 0.29) is 0 Å². The molecular weight excluding hydrogens is 238 g/mol. The number of benzene rings is 2. The first kappa shape index (κ1) is 12.8. The van der Waals surface area contributed by atoms with Crippen molar-refractivity contribution in [1.82, 2.24) is 0 Å². The molecule has 0 saturated heterocycles. The summed E-state index contributed by atoms with van der Waals surface area (Å²) in [7, 11) is 1.64. The third-order valence-electron chi connectivity index (χ3n) is 2.80. The Balaban J connectivity index is 2.12. The molecule has 0 saturated carbocycles. The number of nitrogen functional groups attached to an aromatic ring is 1. The third-order valence-corrected chi connectivity index (χ3v) is 2.80. The molecule has 4 nitrogen and oxygen atoms in total. The smallest absolute Gasteiger partial charge is 0.119 e. The molecule has 2 rings (SSSR count). The number of rotatable bonds is 4. The Kier molecular flexibility index (Phi) is 3.89. The van der Waals surface area contributed by atoms with Gasteiger partial charge in [0, 0.05) is 6.54 Å². The molecule has 3 N–H and O–H groups in total. The van der Waals surface area contributed by atoms with E-state index in [9.17, 15) is 0 Å². The number of methoxy groups -OCH3 is 1. The van der Waals surface area contributed by atoms with Gasteiger partial charge in [0.1, 0.15) is 5.75 Å². The lowest BCUT2D eigenvalue weighted by Crippen LogP contribution is -2.03. The van der Waals surface area contributed by atoms with Gasteiger partial charge in [-0.05, 0) is 35.9 Å². The van der Waals surface area contributed by atoms with Crippen molar-refractivity contribution in [2.45, 2.75) is 6.54 Å². The number of hydrogen-bond donors (Lipinski definition) is 2. The lowest BCUT2D eigenvalue weighted by molar-refractivity contribution is 0.414. The minimum Gasteiger partial charge on any atom is -0.497 e. The molecule has 96 valence electrons. The second-order valence-electron chi connectivity index (χ2n) is 4.12. The number of nitrogens with two attached hydrogens (primary N) is 1. The Bertz CT molecular complexity index is 617. The van der Waals surface area contributed by atoms with E-state index in [1.807, 2.05) is 24.3 Å². The second kappa shape index (κ2) is 5.78. The van der Waals surface area contributed by atoms with Gasteiger partial charge in [-0.1, -0.05) is 12.1 Å². The molecule has 0 aromatic heterocycles. The molecule has 0 aliphatic rings. The molecule has 19 heavy (non-hydrogen) atoms. The van der Waals surface area contributed by atoms with Crippen LogP contribution in [0.5, 0.6) is 5.75 Å². The first-order valence-corrected chi connectivity index (χ1v) is 5.89. The molecule has 0 bridgehead atoms. The molecule has 2 aromatic carbocycles. The SMILES string of the molecule is COc1cccc(CNc2cc(C#N)ccc2N)c1. The molecular formula is C15H15N3O. The van der Waals surface area contributed by atoms with Crippen molar-refractivity contribution in [2.24, 2.45) is 0 Å². The molecule has 0 amide bonds. The minimum atomic E-state index is 0.586. The van der Waals surface area contributed by atoms with Crippen molar-refractivity contribution in [3.8, 4) is 11.8 Å². The molecule has 4 heteroatoms. The van der Waals surface area contributed by atoms with Gasteiger partial charge in [0.15, 0.2) is 0 Å². The highest BCUT2D eigenvalue weighted by Gasteiger charge is 2.01. The summed E-state index contributed by atoms with van der Waals surface area (Å²) in [5.74, 6) is 0.818. The van der Waals surface area contributed by atoms with Gasteiger partial charge in [0.25, 0.3) is 0 Å². The van der Waals surface area contributed by atoms with Gasteiger partial charge in [0.05, 0.1) is 30.1 Å². The number of nitrogens with zero attached hydrogens (tertiary/aromatic N) is 1. The quantitative estimate of drug-likeness (QED) is 0.822. The zero-order valence-corrected chi connectivity index (χ0v) is 10.7. The maximum absolute atomic E-state index is 8.87. The summed E-state index contributed by atoms with van der Waals surface area (Å²) in [6.07, 6.45) is 0. The highest BCUT2D eigenvalue weighted by molar-refractivity contribution is 5.68. The van der Waals surface area contributed by atoms with Crippen molar-refractivity contribution >= 4 is 11.4 Å². The van der Waals surface area contributed by atoms with Crippen LogP contribution >= 0.6 is 0 Å².